The van der Waals surface area contributed by atoms with E-state index >= 15 is 0 Å². The molecule has 8 heteroatoms. The van der Waals surface area contributed by atoms with Crippen molar-refractivity contribution in [1.82, 2.24) is 10.2 Å². The molecule has 0 unspecified atom stereocenters. The summed E-state index contributed by atoms with van der Waals surface area (Å²) in [5.74, 6) is -2.13. The molecule has 24 heavy (non-hydrogen) atoms. The number of β-amino-alcohol motifs (C(OH)–C–C–N with tert-alkyl or cyclic N) is 1. The van der Waals surface area contributed by atoms with E-state index < -0.39 is 35.8 Å². The van der Waals surface area contributed by atoms with Gasteiger partial charge in [0.15, 0.2) is 0 Å². The van der Waals surface area contributed by atoms with Crippen LogP contribution < -0.4 is 11.1 Å². The van der Waals surface area contributed by atoms with Crippen molar-refractivity contribution >= 4 is 17.7 Å². The molecule has 7 nitrogen and oxygen atoms in total. The molecular formula is C16H20FN3O4. The van der Waals surface area contributed by atoms with Crippen LogP contribution in [0.2, 0.25) is 0 Å². The number of carbonyl (C=O) groups is 3. The lowest BCUT2D eigenvalue weighted by atomic mass is 10.0. The van der Waals surface area contributed by atoms with Gasteiger partial charge in [-0.1, -0.05) is 12.1 Å². The normalized spacial score (nSPS) is 21.4. The Morgan fingerprint density at radius 2 is 2.17 bits per heavy atom. The minimum Gasteiger partial charge on any atom is -0.391 e. The zero-order chi connectivity index (χ0) is 17.9. The van der Waals surface area contributed by atoms with E-state index in [0.717, 1.165) is 0 Å². The third-order valence-corrected chi connectivity index (χ3v) is 3.97. The van der Waals surface area contributed by atoms with E-state index in [-0.39, 0.29) is 25.3 Å². The van der Waals surface area contributed by atoms with Crippen molar-refractivity contribution in [1.29, 1.82) is 0 Å². The fourth-order valence-corrected chi connectivity index (χ4v) is 2.80. The second-order valence-electron chi connectivity index (χ2n) is 5.87. The van der Waals surface area contributed by atoms with Gasteiger partial charge >= 0.3 is 0 Å². The molecule has 1 aromatic carbocycles. The molecule has 1 heterocycles. The maximum absolute atomic E-state index is 13.2. The Morgan fingerprint density at radius 3 is 2.75 bits per heavy atom. The molecule has 0 radical (unpaired) electrons. The number of aliphatic hydroxyl groups excluding tert-OH is 1. The lowest BCUT2D eigenvalue weighted by Crippen LogP contribution is -2.52. The number of nitrogens with two attached hydrogens (primary N) is 1. The van der Waals surface area contributed by atoms with Crippen LogP contribution in [-0.2, 0) is 20.8 Å². The highest BCUT2D eigenvalue weighted by atomic mass is 19.1. The second kappa shape index (κ2) is 7.39. The number of hydrogen-bond acceptors (Lipinski definition) is 4. The second-order valence-corrected chi connectivity index (χ2v) is 5.87. The topological polar surface area (TPSA) is 113 Å². The van der Waals surface area contributed by atoms with E-state index in [9.17, 15) is 23.9 Å². The van der Waals surface area contributed by atoms with Gasteiger partial charge in [0.1, 0.15) is 17.9 Å². The Bertz CT molecular complexity index is 652. The van der Waals surface area contributed by atoms with E-state index in [2.05, 4.69) is 5.32 Å². The summed E-state index contributed by atoms with van der Waals surface area (Å²) in [5, 5.41) is 12.2. The molecule has 1 aromatic rings. The summed E-state index contributed by atoms with van der Waals surface area (Å²) in [5.41, 5.74) is 5.82. The molecule has 0 aliphatic carbocycles. The first-order chi connectivity index (χ1) is 11.3. The van der Waals surface area contributed by atoms with Gasteiger partial charge in [-0.2, -0.15) is 0 Å². The molecule has 1 saturated heterocycles. The summed E-state index contributed by atoms with van der Waals surface area (Å²) in [6.07, 6.45) is -0.662. The Hall–Kier alpha value is -2.48. The summed E-state index contributed by atoms with van der Waals surface area (Å²) in [6, 6.07) is 3.74. The third kappa shape index (κ3) is 4.29. The molecule has 4 N–H and O–H groups in total. The summed E-state index contributed by atoms with van der Waals surface area (Å²) in [6.45, 7) is 1.37. The quantitative estimate of drug-likeness (QED) is 0.661. The number of primary amides is 1. The van der Waals surface area contributed by atoms with E-state index in [1.807, 2.05) is 0 Å². The van der Waals surface area contributed by atoms with Crippen LogP contribution in [0.1, 0.15) is 18.9 Å². The Labute approximate surface area is 138 Å². The summed E-state index contributed by atoms with van der Waals surface area (Å²) < 4.78 is 13.2. The Morgan fingerprint density at radius 1 is 1.46 bits per heavy atom. The number of rotatable bonds is 5. The minimum atomic E-state index is -1.04. The SMILES string of the molecule is CC(=O)N1C[C@H](O)C[C@H]1C(=O)N[C@H](Cc1cccc(F)c1)C(N)=O. The maximum Gasteiger partial charge on any atom is 0.243 e. The van der Waals surface area contributed by atoms with E-state index in [0.29, 0.717) is 5.56 Å². The van der Waals surface area contributed by atoms with Crippen LogP contribution >= 0.6 is 0 Å². The van der Waals surface area contributed by atoms with Gasteiger partial charge in [0, 0.05) is 26.3 Å². The summed E-state index contributed by atoms with van der Waals surface area (Å²) in [7, 11) is 0. The van der Waals surface area contributed by atoms with Crippen LogP contribution in [0.5, 0.6) is 0 Å². The molecule has 3 atom stereocenters. The van der Waals surface area contributed by atoms with Crippen molar-refractivity contribution in [2.75, 3.05) is 6.54 Å². The number of likely N-dealkylation sites (tertiary alicyclic amines) is 1. The average molecular weight is 337 g/mol. The zero-order valence-corrected chi connectivity index (χ0v) is 13.2. The largest absolute Gasteiger partial charge is 0.391 e. The molecule has 2 rings (SSSR count). The van der Waals surface area contributed by atoms with Gasteiger partial charge in [0.05, 0.1) is 6.10 Å². The molecule has 0 saturated carbocycles. The Balaban J connectivity index is 2.08. The molecule has 0 aromatic heterocycles. The highest BCUT2D eigenvalue weighted by Crippen LogP contribution is 2.18. The smallest absolute Gasteiger partial charge is 0.243 e. The van der Waals surface area contributed by atoms with Crippen LogP contribution in [0.3, 0.4) is 0 Å². The molecule has 1 fully saturated rings. The van der Waals surface area contributed by atoms with Gasteiger partial charge < -0.3 is 21.1 Å². The van der Waals surface area contributed by atoms with Gasteiger partial charge in [-0.25, -0.2) is 4.39 Å². The molecule has 3 amide bonds. The van der Waals surface area contributed by atoms with Crippen molar-refractivity contribution in [2.45, 2.75) is 38.0 Å². The number of hydrogen-bond donors (Lipinski definition) is 3. The molecular weight excluding hydrogens is 317 g/mol. The van der Waals surface area contributed by atoms with Crippen molar-refractivity contribution in [3.05, 3.63) is 35.6 Å². The molecule has 1 aliphatic rings. The van der Waals surface area contributed by atoms with Gasteiger partial charge in [-0.05, 0) is 17.7 Å². The number of nitrogens with one attached hydrogen (secondary N) is 1. The minimum absolute atomic E-state index is 0.0359. The first-order valence-corrected chi connectivity index (χ1v) is 7.57. The number of carbonyl (C=O) groups excluding carboxylic acids is 3. The average Bonchev–Trinajstić information content (AvgIpc) is 2.89. The van der Waals surface area contributed by atoms with Crippen molar-refractivity contribution in [2.24, 2.45) is 5.73 Å². The van der Waals surface area contributed by atoms with Crippen molar-refractivity contribution in [3.8, 4) is 0 Å². The fraction of sp³-hybridized carbons (Fsp3) is 0.438. The number of aliphatic hydroxyl groups is 1. The first kappa shape index (κ1) is 17.9. The monoisotopic (exact) mass is 337 g/mol. The van der Waals surface area contributed by atoms with Crippen molar-refractivity contribution < 1.29 is 23.9 Å². The lowest BCUT2D eigenvalue weighted by Gasteiger charge is -2.24. The number of benzene rings is 1. The van der Waals surface area contributed by atoms with E-state index in [1.165, 1.54) is 30.0 Å². The highest BCUT2D eigenvalue weighted by molar-refractivity contribution is 5.91. The predicted molar refractivity (Wildman–Crippen MR) is 83.0 cm³/mol. The van der Waals surface area contributed by atoms with Gasteiger partial charge in [0.25, 0.3) is 0 Å². The lowest BCUT2D eigenvalue weighted by molar-refractivity contribution is -0.138. The fourth-order valence-electron chi connectivity index (χ4n) is 2.80. The molecule has 0 bridgehead atoms. The van der Waals surface area contributed by atoms with Crippen LogP contribution in [0.25, 0.3) is 0 Å². The zero-order valence-electron chi connectivity index (χ0n) is 13.2. The highest BCUT2D eigenvalue weighted by Gasteiger charge is 2.38. The van der Waals surface area contributed by atoms with Gasteiger partial charge in [-0.3, -0.25) is 14.4 Å². The van der Waals surface area contributed by atoms with Crippen molar-refractivity contribution in [3.63, 3.8) is 0 Å². The van der Waals surface area contributed by atoms with Crippen LogP contribution in [0.15, 0.2) is 24.3 Å². The first-order valence-electron chi connectivity index (χ1n) is 7.57. The molecule has 1 aliphatic heterocycles. The maximum atomic E-state index is 13.2. The standard InChI is InChI=1S/C16H20FN3O4/c1-9(21)20-8-12(22)7-14(20)16(24)19-13(15(18)23)6-10-3-2-4-11(17)5-10/h2-5,12-14,22H,6-8H2,1H3,(H2,18,23)(H,19,24)/t12-,13-,14+/m1/s1. The summed E-state index contributed by atoms with van der Waals surface area (Å²) in [4.78, 5) is 36.8. The molecule has 0 spiro atoms. The van der Waals surface area contributed by atoms with E-state index in [1.54, 1.807) is 6.07 Å². The van der Waals surface area contributed by atoms with Crippen LogP contribution in [-0.4, -0.2) is 52.5 Å². The third-order valence-electron chi connectivity index (χ3n) is 3.97. The number of halogens is 1. The van der Waals surface area contributed by atoms with Gasteiger partial charge in [0.2, 0.25) is 17.7 Å². The number of nitrogens with zero attached hydrogens (tertiary/aromatic N) is 1. The molecule has 130 valence electrons. The summed E-state index contributed by atoms with van der Waals surface area (Å²) >= 11 is 0. The Kier molecular flexibility index (Phi) is 5.50. The van der Waals surface area contributed by atoms with Crippen LogP contribution in [0.4, 0.5) is 4.39 Å². The number of amides is 3. The predicted octanol–water partition coefficient (Wildman–Crippen LogP) is -0.680. The van der Waals surface area contributed by atoms with E-state index in [4.69, 9.17) is 5.73 Å². The van der Waals surface area contributed by atoms with Crippen LogP contribution in [0, 0.1) is 5.82 Å². The van der Waals surface area contributed by atoms with Gasteiger partial charge in [-0.15, -0.1) is 0 Å².